The first-order valence-electron chi connectivity index (χ1n) is 14.4. The smallest absolute Gasteiger partial charge is 0.307 e. The minimum atomic E-state index is -1.08. The molecule has 0 aromatic rings. The lowest BCUT2D eigenvalue weighted by Crippen LogP contribution is -2.43. The van der Waals surface area contributed by atoms with Crippen molar-refractivity contribution in [1.29, 1.82) is 0 Å². The van der Waals surface area contributed by atoms with Crippen LogP contribution < -0.4 is 11.1 Å². The monoisotopic (exact) mass is 554 g/mol. The van der Waals surface area contributed by atoms with Crippen LogP contribution in [0, 0.1) is 23.7 Å². The van der Waals surface area contributed by atoms with E-state index in [9.17, 15) is 24.3 Å². The molecule has 4 unspecified atom stereocenters. The summed E-state index contributed by atoms with van der Waals surface area (Å²) in [7, 11) is 0. The Kier molecular flexibility index (Phi) is 20.0. The predicted molar refractivity (Wildman–Crippen MR) is 158 cm³/mol. The van der Waals surface area contributed by atoms with Gasteiger partial charge in [-0.1, -0.05) is 84.3 Å². The van der Waals surface area contributed by atoms with Gasteiger partial charge in [0.15, 0.2) is 5.78 Å². The zero-order valence-corrected chi connectivity index (χ0v) is 25.5. The molecule has 0 aliphatic carbocycles. The molecule has 0 saturated carbocycles. The van der Waals surface area contributed by atoms with E-state index in [-0.39, 0.29) is 18.6 Å². The number of nitrogens with two attached hydrogens (primary N) is 1. The van der Waals surface area contributed by atoms with Crippen molar-refractivity contribution in [2.45, 2.75) is 118 Å². The fraction of sp³-hybridized carbons (Fsp3) is 0.800. The van der Waals surface area contributed by atoms with Crippen LogP contribution >= 0.6 is 11.8 Å². The zero-order chi connectivity index (χ0) is 29.1. The minimum absolute atomic E-state index is 0.252. The molecule has 0 fully saturated rings. The Hall–Kier alpha value is -1.83. The van der Waals surface area contributed by atoms with Gasteiger partial charge in [0.1, 0.15) is 0 Å². The van der Waals surface area contributed by atoms with Gasteiger partial charge in [-0.05, 0) is 37.5 Å². The maximum Gasteiger partial charge on any atom is 0.307 e. The number of primary amides is 1. The van der Waals surface area contributed by atoms with Crippen LogP contribution in [-0.4, -0.2) is 46.2 Å². The average Bonchev–Trinajstić information content (AvgIpc) is 2.79. The van der Waals surface area contributed by atoms with E-state index >= 15 is 0 Å². The van der Waals surface area contributed by atoms with Gasteiger partial charge in [-0.15, -0.1) is 0 Å². The van der Waals surface area contributed by atoms with Gasteiger partial charge in [0.05, 0.1) is 18.4 Å². The lowest BCUT2D eigenvalue weighted by molar-refractivity contribution is -0.143. The van der Waals surface area contributed by atoms with Crippen LogP contribution in [0.1, 0.15) is 112 Å². The van der Waals surface area contributed by atoms with E-state index in [0.717, 1.165) is 30.6 Å². The van der Waals surface area contributed by atoms with Crippen molar-refractivity contribution in [1.82, 2.24) is 5.32 Å². The molecule has 0 aromatic carbocycles. The third-order valence-corrected chi connectivity index (χ3v) is 8.02. The Balaban J connectivity index is 4.29. The lowest BCUT2D eigenvalue weighted by atomic mass is 9.91. The van der Waals surface area contributed by atoms with Crippen molar-refractivity contribution in [3.05, 3.63) is 11.6 Å². The summed E-state index contributed by atoms with van der Waals surface area (Å²) >= 11 is 1.47. The van der Waals surface area contributed by atoms with Crippen LogP contribution in [0.4, 0.5) is 0 Å². The summed E-state index contributed by atoms with van der Waals surface area (Å²) in [5, 5.41) is 11.9. The Labute approximate surface area is 235 Å². The summed E-state index contributed by atoms with van der Waals surface area (Å²) in [6.07, 6.45) is 13.0. The molecule has 38 heavy (non-hydrogen) atoms. The Morgan fingerprint density at radius 1 is 0.868 bits per heavy atom. The van der Waals surface area contributed by atoms with Crippen LogP contribution in [0.5, 0.6) is 0 Å². The molecule has 0 aromatic heterocycles. The number of hydrogen-bond donors (Lipinski definition) is 3. The van der Waals surface area contributed by atoms with E-state index in [4.69, 9.17) is 5.73 Å². The van der Waals surface area contributed by atoms with E-state index < -0.39 is 35.5 Å². The highest BCUT2D eigenvalue weighted by atomic mass is 32.2. The Bertz CT molecular complexity index is 737. The normalized spacial score (nSPS) is 15.1. The summed E-state index contributed by atoms with van der Waals surface area (Å²) in [4.78, 5) is 46.7. The van der Waals surface area contributed by atoms with Gasteiger partial charge in [-0.2, -0.15) is 11.8 Å². The molecule has 0 aliphatic heterocycles. The first-order valence-corrected chi connectivity index (χ1v) is 15.5. The van der Waals surface area contributed by atoms with E-state index in [2.05, 4.69) is 46.0 Å². The number of carboxylic acid groups (broad SMARTS) is 1. The molecule has 4 atom stereocenters. The fourth-order valence-corrected chi connectivity index (χ4v) is 5.60. The molecule has 7 nitrogen and oxygen atoms in total. The van der Waals surface area contributed by atoms with Crippen LogP contribution in [0.3, 0.4) is 0 Å². The van der Waals surface area contributed by atoms with Crippen molar-refractivity contribution in [3.63, 3.8) is 0 Å². The standard InChI is InChI=1S/C30H54N2O5S/c1-21(2)10-7-11-22(3)12-8-13-23(4)14-9-15-24(5)16-17-38-20-26(30(36)37)18-28(34)27(19-29(31)35)32-25(6)33/h16,21-23,26-27H,7-15,17-20H2,1-6H3,(H2,31,35)(H,32,33)(H,36,37)/b24-16+. The molecule has 0 saturated heterocycles. The second kappa shape index (κ2) is 21.0. The highest BCUT2D eigenvalue weighted by Crippen LogP contribution is 2.22. The molecule has 0 bridgehead atoms. The SMILES string of the molecule is CC(=O)NC(CC(N)=O)C(=O)CC(CSC/C=C(\C)CCCC(C)CCCC(C)CCCC(C)C)C(=O)O. The molecule has 0 radical (unpaired) electrons. The van der Waals surface area contributed by atoms with E-state index in [1.165, 1.54) is 69.2 Å². The number of ketones is 1. The average molecular weight is 555 g/mol. The quantitative estimate of drug-likeness (QED) is 0.103. The molecule has 0 aliphatic rings. The van der Waals surface area contributed by atoms with Crippen LogP contribution in [0.15, 0.2) is 11.6 Å². The minimum Gasteiger partial charge on any atom is -0.481 e. The zero-order valence-electron chi connectivity index (χ0n) is 24.7. The van der Waals surface area contributed by atoms with Gasteiger partial charge in [0.2, 0.25) is 11.8 Å². The largest absolute Gasteiger partial charge is 0.481 e. The van der Waals surface area contributed by atoms with E-state index in [0.29, 0.717) is 5.75 Å². The highest BCUT2D eigenvalue weighted by Gasteiger charge is 2.27. The highest BCUT2D eigenvalue weighted by molar-refractivity contribution is 7.99. The van der Waals surface area contributed by atoms with Gasteiger partial charge in [-0.3, -0.25) is 19.2 Å². The van der Waals surface area contributed by atoms with Gasteiger partial charge in [0.25, 0.3) is 0 Å². The Morgan fingerprint density at radius 2 is 1.42 bits per heavy atom. The van der Waals surface area contributed by atoms with Crippen molar-refractivity contribution < 1.29 is 24.3 Å². The lowest BCUT2D eigenvalue weighted by Gasteiger charge is -2.18. The first-order chi connectivity index (χ1) is 17.8. The van der Waals surface area contributed by atoms with Crippen molar-refractivity contribution in [2.75, 3.05) is 11.5 Å². The molecule has 8 heteroatoms. The summed E-state index contributed by atoms with van der Waals surface area (Å²) < 4.78 is 0. The molecule has 0 heterocycles. The first kappa shape index (κ1) is 36.2. The van der Waals surface area contributed by atoms with Gasteiger partial charge >= 0.3 is 5.97 Å². The number of hydrogen-bond acceptors (Lipinski definition) is 5. The number of nitrogens with one attached hydrogen (secondary N) is 1. The molecule has 2 amide bonds. The number of allylic oxidation sites excluding steroid dienone is 1. The Morgan fingerprint density at radius 3 is 1.92 bits per heavy atom. The third-order valence-electron chi connectivity index (χ3n) is 6.98. The van der Waals surface area contributed by atoms with E-state index in [1.54, 1.807) is 0 Å². The summed E-state index contributed by atoms with van der Waals surface area (Å²) in [5.41, 5.74) is 6.46. The number of carbonyl (C=O) groups excluding carboxylic acids is 3. The predicted octanol–water partition coefficient (Wildman–Crippen LogP) is 6.15. The van der Waals surface area contributed by atoms with Crippen LogP contribution in [0.2, 0.25) is 0 Å². The second-order valence-corrected chi connectivity index (χ2v) is 12.7. The van der Waals surface area contributed by atoms with Gasteiger partial charge < -0.3 is 16.2 Å². The summed E-state index contributed by atoms with van der Waals surface area (Å²) in [6.45, 7) is 12.7. The van der Waals surface area contributed by atoms with Crippen molar-refractivity contribution >= 4 is 35.3 Å². The molecule has 220 valence electrons. The molecule has 0 spiro atoms. The summed E-state index contributed by atoms with van der Waals surface area (Å²) in [5.74, 6) is -0.296. The van der Waals surface area contributed by atoms with Gasteiger partial charge in [0, 0.05) is 24.9 Å². The van der Waals surface area contributed by atoms with Gasteiger partial charge in [-0.25, -0.2) is 0 Å². The summed E-state index contributed by atoms with van der Waals surface area (Å²) in [6, 6.07) is -1.08. The van der Waals surface area contributed by atoms with Crippen LogP contribution in [-0.2, 0) is 19.2 Å². The van der Waals surface area contributed by atoms with Crippen LogP contribution in [0.25, 0.3) is 0 Å². The topological polar surface area (TPSA) is 127 Å². The van der Waals surface area contributed by atoms with Crippen molar-refractivity contribution in [2.24, 2.45) is 29.4 Å². The van der Waals surface area contributed by atoms with Crippen molar-refractivity contribution in [3.8, 4) is 0 Å². The number of thioether (sulfide) groups is 1. The number of carboxylic acids is 1. The third kappa shape index (κ3) is 20.2. The maximum atomic E-state index is 12.5. The molecular formula is C30H54N2O5S. The maximum absolute atomic E-state index is 12.5. The number of rotatable bonds is 23. The number of amides is 2. The fourth-order valence-electron chi connectivity index (χ4n) is 4.52. The number of Topliss-reactive ketones (excluding diaryl/α,β-unsaturated/α-hetero) is 1. The molecule has 0 rings (SSSR count). The second-order valence-electron chi connectivity index (χ2n) is 11.6. The number of carbonyl (C=O) groups is 4. The van der Waals surface area contributed by atoms with E-state index in [1.807, 2.05) is 0 Å². The molecule has 4 N–H and O–H groups in total. The number of aliphatic carboxylic acids is 1. The molecular weight excluding hydrogens is 500 g/mol.